The highest BCUT2D eigenvalue weighted by Gasteiger charge is 2.24. The first kappa shape index (κ1) is 16.2. The Bertz CT molecular complexity index is 658. The summed E-state index contributed by atoms with van der Waals surface area (Å²) >= 11 is 5.75. The lowest BCUT2D eigenvalue weighted by molar-refractivity contribution is 0.0923. The van der Waals surface area contributed by atoms with Gasteiger partial charge in [0.25, 0.3) is 5.91 Å². The van der Waals surface area contributed by atoms with E-state index in [9.17, 15) is 17.6 Å². The number of sulfonamides is 1. The van der Waals surface area contributed by atoms with Crippen LogP contribution in [0.4, 0.5) is 4.39 Å². The lowest BCUT2D eigenvalue weighted by atomic mass is 9.95. The van der Waals surface area contributed by atoms with Gasteiger partial charge < -0.3 is 5.32 Å². The minimum absolute atomic E-state index is 0.0254. The van der Waals surface area contributed by atoms with E-state index in [4.69, 9.17) is 16.7 Å². The molecule has 1 saturated carbocycles. The number of hydrogen-bond donors (Lipinski definition) is 2. The Hall–Kier alpha value is -1.18. The number of benzene rings is 1. The van der Waals surface area contributed by atoms with E-state index in [1.165, 1.54) is 0 Å². The van der Waals surface area contributed by atoms with E-state index in [1.807, 2.05) is 0 Å². The third-order valence-electron chi connectivity index (χ3n) is 3.50. The van der Waals surface area contributed by atoms with Gasteiger partial charge in [-0.1, -0.05) is 30.9 Å². The zero-order valence-corrected chi connectivity index (χ0v) is 12.8. The van der Waals surface area contributed by atoms with Crippen molar-refractivity contribution in [1.82, 2.24) is 5.32 Å². The topological polar surface area (TPSA) is 89.3 Å². The van der Waals surface area contributed by atoms with Gasteiger partial charge in [-0.05, 0) is 25.0 Å². The second kappa shape index (κ2) is 6.29. The van der Waals surface area contributed by atoms with Crippen molar-refractivity contribution in [2.24, 2.45) is 5.14 Å². The number of carbonyl (C=O) groups excluding carboxylic acids is 1. The van der Waals surface area contributed by atoms with Gasteiger partial charge in [0.15, 0.2) is 5.82 Å². The molecular formula is C13H16ClFN2O3S. The van der Waals surface area contributed by atoms with Crippen LogP contribution in [0.15, 0.2) is 17.0 Å². The van der Waals surface area contributed by atoms with Crippen LogP contribution < -0.4 is 10.5 Å². The average molecular weight is 335 g/mol. The molecule has 5 nitrogen and oxygen atoms in total. The van der Waals surface area contributed by atoms with Crippen LogP contribution in [-0.4, -0.2) is 20.4 Å². The largest absolute Gasteiger partial charge is 0.349 e. The fourth-order valence-electron chi connectivity index (χ4n) is 2.45. The Labute approximate surface area is 127 Å². The van der Waals surface area contributed by atoms with Gasteiger partial charge >= 0.3 is 0 Å². The molecule has 1 amide bonds. The van der Waals surface area contributed by atoms with Crippen LogP contribution in [0, 0.1) is 5.82 Å². The lowest BCUT2D eigenvalue weighted by Crippen LogP contribution is -2.36. The maximum Gasteiger partial charge on any atom is 0.254 e. The van der Waals surface area contributed by atoms with Gasteiger partial charge in [-0.3, -0.25) is 4.79 Å². The molecule has 1 aromatic carbocycles. The summed E-state index contributed by atoms with van der Waals surface area (Å²) in [4.78, 5) is 11.3. The Morgan fingerprint density at radius 3 is 2.48 bits per heavy atom. The number of nitrogens with two attached hydrogens (primary N) is 1. The molecule has 1 aliphatic carbocycles. The van der Waals surface area contributed by atoms with Crippen molar-refractivity contribution < 1.29 is 17.6 Å². The number of hydrogen-bond acceptors (Lipinski definition) is 3. The molecular weight excluding hydrogens is 319 g/mol. The second-order valence-corrected chi connectivity index (χ2v) is 7.09. The van der Waals surface area contributed by atoms with Gasteiger partial charge in [0.2, 0.25) is 10.0 Å². The summed E-state index contributed by atoms with van der Waals surface area (Å²) in [6.45, 7) is 0. The van der Waals surface area contributed by atoms with E-state index < -0.39 is 32.2 Å². The minimum atomic E-state index is -4.28. The van der Waals surface area contributed by atoms with Gasteiger partial charge in [0.05, 0.1) is 5.56 Å². The van der Waals surface area contributed by atoms with Gasteiger partial charge in [-0.15, -0.1) is 0 Å². The number of nitrogens with one attached hydrogen (secondary N) is 1. The van der Waals surface area contributed by atoms with E-state index in [1.54, 1.807) is 0 Å². The molecule has 116 valence electrons. The molecule has 0 aromatic heterocycles. The third-order valence-corrected chi connectivity index (χ3v) is 4.62. The van der Waals surface area contributed by atoms with Crippen molar-refractivity contribution in [2.75, 3.05) is 0 Å². The van der Waals surface area contributed by atoms with Crippen LogP contribution in [0.5, 0.6) is 0 Å². The SMILES string of the molecule is NS(=O)(=O)c1cc(Cl)cc(C(=O)NC2CCCCC2)c1F. The molecule has 1 aromatic rings. The highest BCUT2D eigenvalue weighted by molar-refractivity contribution is 7.89. The summed E-state index contributed by atoms with van der Waals surface area (Å²) in [6.07, 6.45) is 4.79. The van der Waals surface area contributed by atoms with Gasteiger partial charge in [-0.2, -0.15) is 0 Å². The Morgan fingerprint density at radius 2 is 1.90 bits per heavy atom. The van der Waals surface area contributed by atoms with E-state index in [2.05, 4.69) is 5.32 Å². The molecule has 21 heavy (non-hydrogen) atoms. The summed E-state index contributed by atoms with van der Waals surface area (Å²) in [6, 6.07) is 1.97. The highest BCUT2D eigenvalue weighted by Crippen LogP contribution is 2.24. The molecule has 0 unspecified atom stereocenters. The fourth-order valence-corrected chi connectivity index (χ4v) is 3.38. The summed E-state index contributed by atoms with van der Waals surface area (Å²) in [7, 11) is -4.28. The van der Waals surface area contributed by atoms with Gasteiger partial charge in [-0.25, -0.2) is 17.9 Å². The molecule has 0 aliphatic heterocycles. The fraction of sp³-hybridized carbons (Fsp3) is 0.462. The van der Waals surface area contributed by atoms with Crippen LogP contribution in [0.25, 0.3) is 0 Å². The molecule has 0 bridgehead atoms. The molecule has 8 heteroatoms. The Morgan fingerprint density at radius 1 is 1.29 bits per heavy atom. The number of rotatable bonds is 3. The highest BCUT2D eigenvalue weighted by atomic mass is 35.5. The van der Waals surface area contributed by atoms with Crippen LogP contribution in [0.3, 0.4) is 0 Å². The first-order chi connectivity index (χ1) is 9.79. The van der Waals surface area contributed by atoms with Crippen molar-refractivity contribution in [3.8, 4) is 0 Å². The molecule has 1 fully saturated rings. The molecule has 0 saturated heterocycles. The van der Waals surface area contributed by atoms with E-state index in [0.717, 1.165) is 44.2 Å². The molecule has 0 spiro atoms. The monoisotopic (exact) mass is 334 g/mol. The first-order valence-electron chi connectivity index (χ1n) is 6.62. The summed E-state index contributed by atoms with van der Waals surface area (Å²) in [5, 5.41) is 7.57. The van der Waals surface area contributed by atoms with E-state index in [-0.39, 0.29) is 11.1 Å². The first-order valence-corrected chi connectivity index (χ1v) is 8.54. The normalized spacial score (nSPS) is 16.7. The van der Waals surface area contributed by atoms with E-state index >= 15 is 0 Å². The smallest absolute Gasteiger partial charge is 0.254 e. The van der Waals surface area contributed by atoms with E-state index in [0.29, 0.717) is 0 Å². The van der Waals surface area contributed by atoms with Crippen LogP contribution >= 0.6 is 11.6 Å². The lowest BCUT2D eigenvalue weighted by Gasteiger charge is -2.23. The van der Waals surface area contributed by atoms with Crippen molar-refractivity contribution in [3.63, 3.8) is 0 Å². The zero-order chi connectivity index (χ0) is 15.6. The molecule has 0 atom stereocenters. The molecule has 0 radical (unpaired) electrons. The number of halogens is 2. The maximum atomic E-state index is 14.2. The van der Waals surface area contributed by atoms with Gasteiger partial charge in [0, 0.05) is 11.1 Å². The maximum absolute atomic E-state index is 14.2. The number of amides is 1. The summed E-state index contributed by atoms with van der Waals surface area (Å²) < 4.78 is 36.8. The number of primary sulfonamides is 1. The summed E-state index contributed by atoms with van der Waals surface area (Å²) in [5.41, 5.74) is -0.405. The van der Waals surface area contributed by atoms with Crippen LogP contribution in [0.1, 0.15) is 42.5 Å². The van der Waals surface area contributed by atoms with Crippen molar-refractivity contribution in [1.29, 1.82) is 0 Å². The van der Waals surface area contributed by atoms with Crippen LogP contribution in [-0.2, 0) is 10.0 Å². The zero-order valence-electron chi connectivity index (χ0n) is 11.2. The average Bonchev–Trinajstić information content (AvgIpc) is 2.40. The third kappa shape index (κ3) is 3.93. The molecule has 2 rings (SSSR count). The quantitative estimate of drug-likeness (QED) is 0.887. The summed E-state index contributed by atoms with van der Waals surface area (Å²) in [5.74, 6) is -1.85. The second-order valence-electron chi connectivity index (χ2n) is 5.12. The van der Waals surface area contributed by atoms with Gasteiger partial charge in [0.1, 0.15) is 4.90 Å². The number of carbonyl (C=O) groups is 1. The van der Waals surface area contributed by atoms with Crippen molar-refractivity contribution in [2.45, 2.75) is 43.0 Å². The Kier molecular flexibility index (Phi) is 4.85. The standard InChI is InChI=1S/C13H16ClFN2O3S/c14-8-6-10(12(15)11(7-8)21(16,19)20)13(18)17-9-4-2-1-3-5-9/h6-7,9H,1-5H2,(H,17,18)(H2,16,19,20). The van der Waals surface area contributed by atoms with Crippen molar-refractivity contribution >= 4 is 27.5 Å². The van der Waals surface area contributed by atoms with Crippen molar-refractivity contribution in [3.05, 3.63) is 28.5 Å². The molecule has 0 heterocycles. The minimum Gasteiger partial charge on any atom is -0.349 e. The predicted octanol–water partition coefficient (Wildman–Crippen LogP) is 2.19. The molecule has 1 aliphatic rings. The Balaban J connectivity index is 2.30. The predicted molar refractivity (Wildman–Crippen MR) is 77.1 cm³/mol. The van der Waals surface area contributed by atoms with Crippen LogP contribution in [0.2, 0.25) is 5.02 Å². The molecule has 3 N–H and O–H groups in total.